The largest absolute Gasteiger partial charge is 0.356 e. The maximum atomic E-state index is 12.5. The average molecular weight is 338 g/mol. The minimum Gasteiger partial charge on any atom is -0.356 e. The summed E-state index contributed by atoms with van der Waals surface area (Å²) in [5, 5.41) is 2.96. The van der Waals surface area contributed by atoms with Gasteiger partial charge < -0.3 is 5.32 Å². The predicted octanol–water partition coefficient (Wildman–Crippen LogP) is 2.25. The van der Waals surface area contributed by atoms with Crippen molar-refractivity contribution in [3.63, 3.8) is 0 Å². The van der Waals surface area contributed by atoms with E-state index in [1.165, 1.54) is 0 Å². The fourth-order valence-electron chi connectivity index (χ4n) is 2.80. The summed E-state index contributed by atoms with van der Waals surface area (Å²) < 4.78 is 26.6. The first-order valence-electron chi connectivity index (χ1n) is 8.21. The molecule has 0 unspecified atom stereocenters. The lowest BCUT2D eigenvalue weighted by Gasteiger charge is -2.31. The van der Waals surface area contributed by atoms with Crippen LogP contribution in [0.5, 0.6) is 0 Å². The zero-order valence-electron chi connectivity index (χ0n) is 13.9. The Morgan fingerprint density at radius 1 is 1.22 bits per heavy atom. The summed E-state index contributed by atoms with van der Waals surface area (Å²) in [5.41, 5.74) is 0. The molecule has 1 saturated heterocycles. The molecule has 1 aromatic carbocycles. The zero-order valence-corrected chi connectivity index (χ0v) is 14.7. The summed E-state index contributed by atoms with van der Waals surface area (Å²) in [6, 6.07) is 8.56. The fraction of sp³-hybridized carbons (Fsp3) is 0.588. The Morgan fingerprint density at radius 2 is 1.83 bits per heavy atom. The highest BCUT2D eigenvalue weighted by Gasteiger charge is 2.29. The molecule has 128 valence electrons. The van der Waals surface area contributed by atoms with Crippen molar-refractivity contribution in [3.05, 3.63) is 30.3 Å². The van der Waals surface area contributed by atoms with Gasteiger partial charge in [-0.25, -0.2) is 8.42 Å². The monoisotopic (exact) mass is 338 g/mol. The topological polar surface area (TPSA) is 66.5 Å². The van der Waals surface area contributed by atoms with Gasteiger partial charge in [0, 0.05) is 26.1 Å². The first kappa shape index (κ1) is 17.9. The van der Waals surface area contributed by atoms with Gasteiger partial charge in [0.2, 0.25) is 15.9 Å². The van der Waals surface area contributed by atoms with Gasteiger partial charge in [-0.2, -0.15) is 4.31 Å². The summed E-state index contributed by atoms with van der Waals surface area (Å²) in [7, 11) is -3.39. The van der Waals surface area contributed by atoms with Crippen molar-refractivity contribution in [1.82, 2.24) is 9.62 Å². The number of rotatable bonds is 6. The minimum atomic E-state index is -3.39. The second-order valence-corrected chi connectivity index (χ2v) is 8.50. The average Bonchev–Trinajstić information content (AvgIpc) is 2.53. The van der Waals surface area contributed by atoms with Crippen molar-refractivity contribution < 1.29 is 13.2 Å². The van der Waals surface area contributed by atoms with Crippen LogP contribution < -0.4 is 5.32 Å². The van der Waals surface area contributed by atoms with E-state index < -0.39 is 10.0 Å². The number of carbonyl (C=O) groups is 1. The molecule has 1 N–H and O–H groups in total. The third kappa shape index (κ3) is 5.04. The maximum Gasteiger partial charge on any atom is 0.243 e. The Balaban J connectivity index is 1.83. The zero-order chi connectivity index (χ0) is 16.9. The maximum absolute atomic E-state index is 12.5. The molecule has 1 heterocycles. The highest BCUT2D eigenvalue weighted by atomic mass is 32.2. The molecule has 23 heavy (non-hydrogen) atoms. The number of hydrogen-bond donors (Lipinski definition) is 1. The third-order valence-electron chi connectivity index (χ3n) is 4.14. The van der Waals surface area contributed by atoms with Gasteiger partial charge >= 0.3 is 0 Å². The smallest absolute Gasteiger partial charge is 0.243 e. The van der Waals surface area contributed by atoms with E-state index in [-0.39, 0.29) is 5.91 Å². The van der Waals surface area contributed by atoms with Gasteiger partial charge in [0.15, 0.2) is 0 Å². The second kappa shape index (κ2) is 7.93. The first-order chi connectivity index (χ1) is 10.9. The van der Waals surface area contributed by atoms with Crippen molar-refractivity contribution >= 4 is 15.9 Å². The highest BCUT2D eigenvalue weighted by Crippen LogP contribution is 2.23. The molecule has 1 fully saturated rings. The van der Waals surface area contributed by atoms with Gasteiger partial charge in [0.05, 0.1) is 4.90 Å². The molecule has 1 amide bonds. The molecule has 0 saturated carbocycles. The standard InChI is InChI=1S/C17H26N2O3S/c1-14(2)12-17(20)18-13-15-8-10-19(11-9-15)23(21,22)16-6-4-3-5-7-16/h3-7,14-15H,8-13H2,1-2H3,(H,18,20). The number of piperidine rings is 1. The molecule has 1 aliphatic rings. The quantitative estimate of drug-likeness (QED) is 0.865. The van der Waals surface area contributed by atoms with Gasteiger partial charge in [-0.15, -0.1) is 0 Å². The lowest BCUT2D eigenvalue weighted by atomic mass is 9.98. The number of carbonyl (C=O) groups excluding carboxylic acids is 1. The van der Waals surface area contributed by atoms with Gasteiger partial charge in [0.25, 0.3) is 0 Å². The van der Waals surface area contributed by atoms with Crippen LogP contribution in [0.4, 0.5) is 0 Å². The molecule has 0 atom stereocenters. The molecule has 0 radical (unpaired) electrons. The van der Waals surface area contributed by atoms with Crippen molar-refractivity contribution in [2.45, 2.75) is 38.0 Å². The number of nitrogens with zero attached hydrogens (tertiary/aromatic N) is 1. The summed E-state index contributed by atoms with van der Waals surface area (Å²) in [6.07, 6.45) is 2.11. The van der Waals surface area contributed by atoms with Crippen molar-refractivity contribution in [2.24, 2.45) is 11.8 Å². The van der Waals surface area contributed by atoms with Gasteiger partial charge in [-0.05, 0) is 36.8 Å². The van der Waals surface area contributed by atoms with Crippen LogP contribution in [-0.2, 0) is 14.8 Å². The molecular formula is C17H26N2O3S. The number of nitrogens with one attached hydrogen (secondary N) is 1. The van der Waals surface area contributed by atoms with Crippen molar-refractivity contribution in [3.8, 4) is 0 Å². The number of sulfonamides is 1. The second-order valence-electron chi connectivity index (χ2n) is 6.56. The summed E-state index contributed by atoms with van der Waals surface area (Å²) in [6.45, 7) is 5.72. The molecule has 0 spiro atoms. The molecule has 0 aliphatic carbocycles. The van der Waals surface area contributed by atoms with Crippen LogP contribution in [0, 0.1) is 11.8 Å². The normalized spacial score (nSPS) is 17.3. The Bertz CT molecular complexity index is 606. The molecule has 1 aliphatic heterocycles. The number of hydrogen-bond acceptors (Lipinski definition) is 3. The van der Waals surface area contributed by atoms with E-state index in [1.807, 2.05) is 19.9 Å². The minimum absolute atomic E-state index is 0.0827. The highest BCUT2D eigenvalue weighted by molar-refractivity contribution is 7.89. The third-order valence-corrected chi connectivity index (χ3v) is 6.05. The molecule has 1 aromatic rings. The fourth-order valence-corrected chi connectivity index (χ4v) is 4.29. The van der Waals surface area contributed by atoms with E-state index >= 15 is 0 Å². The van der Waals surface area contributed by atoms with Crippen molar-refractivity contribution in [2.75, 3.05) is 19.6 Å². The van der Waals surface area contributed by atoms with Crippen LogP contribution >= 0.6 is 0 Å². The van der Waals surface area contributed by atoms with Crippen LogP contribution in [0.1, 0.15) is 33.1 Å². The van der Waals surface area contributed by atoms with Crippen molar-refractivity contribution in [1.29, 1.82) is 0 Å². The first-order valence-corrected chi connectivity index (χ1v) is 9.65. The van der Waals surface area contributed by atoms with Gasteiger partial charge in [-0.1, -0.05) is 32.0 Å². The van der Waals surface area contributed by atoms with E-state index in [9.17, 15) is 13.2 Å². The Labute approximate surface area is 139 Å². The van der Waals surface area contributed by atoms with Gasteiger partial charge in [0.1, 0.15) is 0 Å². The summed E-state index contributed by atoms with van der Waals surface area (Å²) in [4.78, 5) is 12.0. The molecular weight excluding hydrogens is 312 g/mol. The Morgan fingerprint density at radius 3 is 2.39 bits per heavy atom. The van der Waals surface area contributed by atoms with Crippen LogP contribution in [0.15, 0.2) is 35.2 Å². The molecule has 0 aromatic heterocycles. The van der Waals surface area contributed by atoms with Crippen LogP contribution in [-0.4, -0.2) is 38.3 Å². The molecule has 2 rings (SSSR count). The van der Waals surface area contributed by atoms with Crippen LogP contribution in [0.3, 0.4) is 0 Å². The van der Waals surface area contributed by atoms with E-state index in [2.05, 4.69) is 5.32 Å². The summed E-state index contributed by atoms with van der Waals surface area (Å²) >= 11 is 0. The van der Waals surface area contributed by atoms with Gasteiger partial charge in [-0.3, -0.25) is 4.79 Å². The van der Waals surface area contributed by atoms with E-state index in [1.54, 1.807) is 28.6 Å². The number of benzene rings is 1. The SMILES string of the molecule is CC(C)CC(=O)NCC1CCN(S(=O)(=O)c2ccccc2)CC1. The lowest BCUT2D eigenvalue weighted by Crippen LogP contribution is -2.41. The van der Waals surface area contributed by atoms with E-state index in [4.69, 9.17) is 0 Å². The Kier molecular flexibility index (Phi) is 6.18. The molecule has 6 heteroatoms. The van der Waals surface area contributed by atoms with Crippen LogP contribution in [0.25, 0.3) is 0 Å². The van der Waals surface area contributed by atoms with E-state index in [0.717, 1.165) is 12.8 Å². The number of amides is 1. The summed E-state index contributed by atoms with van der Waals surface area (Å²) in [5.74, 6) is 0.792. The van der Waals surface area contributed by atoms with E-state index in [0.29, 0.717) is 42.8 Å². The molecule has 0 bridgehead atoms. The van der Waals surface area contributed by atoms with Crippen LogP contribution in [0.2, 0.25) is 0 Å². The Hall–Kier alpha value is -1.40. The predicted molar refractivity (Wildman–Crippen MR) is 90.4 cm³/mol. The molecule has 5 nitrogen and oxygen atoms in total. The lowest BCUT2D eigenvalue weighted by molar-refractivity contribution is -0.122.